The fourth-order valence-electron chi connectivity index (χ4n) is 2.16. The Bertz CT molecular complexity index is 1020. The molecule has 0 fully saturated rings. The molecular weight excluding hydrogens is 450 g/mol. The number of sulfonamides is 1. The van der Waals surface area contributed by atoms with Crippen molar-refractivity contribution in [3.8, 4) is 5.75 Å². The summed E-state index contributed by atoms with van der Waals surface area (Å²) < 4.78 is 32.0. The fraction of sp³-hybridized carbons (Fsp3) is 0.111. The van der Waals surface area contributed by atoms with Gasteiger partial charge in [-0.25, -0.2) is 13.1 Å². The number of benzene rings is 2. The van der Waals surface area contributed by atoms with E-state index in [1.807, 2.05) is 0 Å². The minimum absolute atomic E-state index is 0.0534. The first-order valence-corrected chi connectivity index (χ1v) is 10.2. The van der Waals surface area contributed by atoms with Crippen LogP contribution in [0.15, 0.2) is 57.9 Å². The van der Waals surface area contributed by atoms with Crippen LogP contribution in [0.4, 0.5) is 0 Å². The van der Waals surface area contributed by atoms with Gasteiger partial charge in [0.05, 0.1) is 12.7 Å². The molecule has 0 aliphatic heterocycles. The summed E-state index contributed by atoms with van der Waals surface area (Å²) in [5.41, 5.74) is 5.37. The monoisotopic (exact) mass is 467 g/mol. The SMILES string of the molecule is CNS(=O)(=O)c1cc(/C=C/C(=O)NNC(=O)c2ccccc2Br)ccc1OC. The second kappa shape index (κ2) is 9.49. The van der Waals surface area contributed by atoms with E-state index in [-0.39, 0.29) is 10.6 Å². The van der Waals surface area contributed by atoms with Gasteiger partial charge in [0.15, 0.2) is 0 Å². The summed E-state index contributed by atoms with van der Waals surface area (Å²) in [6, 6.07) is 11.2. The van der Waals surface area contributed by atoms with Crippen molar-refractivity contribution in [3.63, 3.8) is 0 Å². The Kier molecular flexibility index (Phi) is 7.32. The number of nitrogens with one attached hydrogen (secondary N) is 3. The van der Waals surface area contributed by atoms with Crippen LogP contribution in [-0.4, -0.2) is 34.4 Å². The summed E-state index contributed by atoms with van der Waals surface area (Å²) >= 11 is 3.25. The van der Waals surface area contributed by atoms with Gasteiger partial charge in [0.25, 0.3) is 11.8 Å². The highest BCUT2D eigenvalue weighted by molar-refractivity contribution is 9.10. The maximum absolute atomic E-state index is 12.1. The van der Waals surface area contributed by atoms with E-state index in [2.05, 4.69) is 31.5 Å². The second-order valence-electron chi connectivity index (χ2n) is 5.37. The van der Waals surface area contributed by atoms with Crippen LogP contribution in [0.25, 0.3) is 6.08 Å². The molecule has 2 amide bonds. The van der Waals surface area contributed by atoms with Crippen LogP contribution in [0.2, 0.25) is 0 Å². The number of amides is 2. The minimum Gasteiger partial charge on any atom is -0.495 e. The molecule has 10 heteroatoms. The van der Waals surface area contributed by atoms with Gasteiger partial charge < -0.3 is 4.74 Å². The lowest BCUT2D eigenvalue weighted by Gasteiger charge is -2.09. The summed E-state index contributed by atoms with van der Waals surface area (Å²) in [6.45, 7) is 0. The average Bonchev–Trinajstić information content (AvgIpc) is 2.70. The maximum Gasteiger partial charge on any atom is 0.270 e. The van der Waals surface area contributed by atoms with Gasteiger partial charge in [-0.05, 0) is 58.9 Å². The third-order valence-corrected chi connectivity index (χ3v) is 5.72. The molecule has 148 valence electrons. The van der Waals surface area contributed by atoms with Crippen LogP contribution in [0, 0.1) is 0 Å². The van der Waals surface area contributed by atoms with Gasteiger partial charge in [0.2, 0.25) is 10.0 Å². The molecule has 0 aliphatic carbocycles. The van der Waals surface area contributed by atoms with E-state index in [0.29, 0.717) is 15.6 Å². The van der Waals surface area contributed by atoms with Crippen LogP contribution in [0.5, 0.6) is 5.75 Å². The molecule has 2 aromatic rings. The summed E-state index contributed by atoms with van der Waals surface area (Å²) in [5, 5.41) is 0. The van der Waals surface area contributed by atoms with E-state index in [1.165, 1.54) is 32.4 Å². The molecule has 0 atom stereocenters. The molecule has 0 saturated carbocycles. The van der Waals surface area contributed by atoms with Gasteiger partial charge in [-0.3, -0.25) is 20.4 Å². The van der Waals surface area contributed by atoms with Crippen molar-refractivity contribution in [2.24, 2.45) is 0 Å². The number of hydrogen-bond acceptors (Lipinski definition) is 5. The van der Waals surface area contributed by atoms with Crippen LogP contribution >= 0.6 is 15.9 Å². The van der Waals surface area contributed by atoms with E-state index < -0.39 is 21.8 Å². The summed E-state index contributed by atoms with van der Waals surface area (Å²) in [5.74, 6) is -0.896. The van der Waals surface area contributed by atoms with E-state index in [0.717, 1.165) is 6.08 Å². The van der Waals surface area contributed by atoms with Gasteiger partial charge in [-0.15, -0.1) is 0 Å². The highest BCUT2D eigenvalue weighted by Crippen LogP contribution is 2.25. The Balaban J connectivity index is 2.07. The van der Waals surface area contributed by atoms with Crippen molar-refractivity contribution >= 4 is 43.8 Å². The third kappa shape index (κ3) is 5.41. The zero-order valence-electron chi connectivity index (χ0n) is 15.0. The zero-order valence-corrected chi connectivity index (χ0v) is 17.4. The number of halogens is 1. The van der Waals surface area contributed by atoms with Crippen LogP contribution < -0.4 is 20.3 Å². The summed E-state index contributed by atoms with van der Waals surface area (Å²) in [4.78, 5) is 23.9. The van der Waals surface area contributed by atoms with Crippen molar-refractivity contribution in [2.75, 3.05) is 14.2 Å². The molecular formula is C18H18BrN3O5S. The number of ether oxygens (including phenoxy) is 1. The average molecular weight is 468 g/mol. The molecule has 0 heterocycles. The molecule has 3 N–H and O–H groups in total. The normalized spacial score (nSPS) is 11.2. The van der Waals surface area contributed by atoms with Crippen molar-refractivity contribution in [1.82, 2.24) is 15.6 Å². The predicted molar refractivity (Wildman–Crippen MR) is 108 cm³/mol. The summed E-state index contributed by atoms with van der Waals surface area (Å²) in [6.07, 6.45) is 2.58. The molecule has 8 nitrogen and oxygen atoms in total. The zero-order chi connectivity index (χ0) is 20.7. The lowest BCUT2D eigenvalue weighted by Crippen LogP contribution is -2.40. The Morgan fingerprint density at radius 3 is 2.46 bits per heavy atom. The fourth-order valence-corrected chi connectivity index (χ4v) is 3.55. The lowest BCUT2D eigenvalue weighted by molar-refractivity contribution is -0.117. The first-order chi connectivity index (χ1) is 13.3. The molecule has 2 rings (SSSR count). The molecule has 2 aromatic carbocycles. The van der Waals surface area contributed by atoms with Crippen molar-refractivity contribution in [1.29, 1.82) is 0 Å². The predicted octanol–water partition coefficient (Wildman–Crippen LogP) is 1.84. The topological polar surface area (TPSA) is 114 Å². The van der Waals surface area contributed by atoms with Gasteiger partial charge in [0, 0.05) is 10.5 Å². The Hall–Kier alpha value is -2.69. The molecule has 0 aromatic heterocycles. The number of rotatable bonds is 6. The maximum atomic E-state index is 12.1. The Morgan fingerprint density at radius 1 is 1.11 bits per heavy atom. The number of hydrazine groups is 1. The van der Waals surface area contributed by atoms with Crippen molar-refractivity contribution < 1.29 is 22.7 Å². The number of methoxy groups -OCH3 is 1. The number of carbonyl (C=O) groups is 2. The third-order valence-electron chi connectivity index (χ3n) is 3.59. The lowest BCUT2D eigenvalue weighted by atomic mass is 10.2. The van der Waals surface area contributed by atoms with E-state index in [1.54, 1.807) is 30.3 Å². The van der Waals surface area contributed by atoms with Gasteiger partial charge in [-0.1, -0.05) is 18.2 Å². The van der Waals surface area contributed by atoms with Crippen LogP contribution in [0.1, 0.15) is 15.9 Å². The standard InChI is InChI=1S/C18H18BrN3O5S/c1-20-28(25,26)16-11-12(7-9-15(16)27-2)8-10-17(23)21-22-18(24)13-5-3-4-6-14(13)19/h3-11,20H,1-2H3,(H,21,23)(H,22,24)/b10-8+. The van der Waals surface area contributed by atoms with Gasteiger partial charge in [0.1, 0.15) is 10.6 Å². The molecule has 28 heavy (non-hydrogen) atoms. The Labute approximate surface area is 171 Å². The first-order valence-electron chi connectivity index (χ1n) is 7.93. The van der Waals surface area contributed by atoms with Crippen molar-refractivity contribution in [3.05, 3.63) is 64.1 Å². The highest BCUT2D eigenvalue weighted by atomic mass is 79.9. The van der Waals surface area contributed by atoms with Crippen LogP contribution in [-0.2, 0) is 14.8 Å². The summed E-state index contributed by atoms with van der Waals surface area (Å²) in [7, 11) is -1.08. The molecule has 0 unspecified atom stereocenters. The molecule has 0 bridgehead atoms. The molecule has 0 radical (unpaired) electrons. The van der Waals surface area contributed by atoms with E-state index in [9.17, 15) is 18.0 Å². The van der Waals surface area contributed by atoms with Gasteiger partial charge in [-0.2, -0.15) is 0 Å². The molecule has 0 saturated heterocycles. The quantitative estimate of drug-likeness (QED) is 0.443. The van der Waals surface area contributed by atoms with E-state index >= 15 is 0 Å². The smallest absolute Gasteiger partial charge is 0.270 e. The molecule has 0 aliphatic rings. The van der Waals surface area contributed by atoms with E-state index in [4.69, 9.17) is 4.74 Å². The van der Waals surface area contributed by atoms with Crippen molar-refractivity contribution in [2.45, 2.75) is 4.90 Å². The number of carbonyl (C=O) groups excluding carboxylic acids is 2. The number of hydrogen-bond donors (Lipinski definition) is 3. The first kappa shape index (κ1) is 21.6. The van der Waals surface area contributed by atoms with Gasteiger partial charge >= 0.3 is 0 Å². The van der Waals surface area contributed by atoms with Crippen LogP contribution in [0.3, 0.4) is 0 Å². The Morgan fingerprint density at radius 2 is 1.82 bits per heavy atom. The second-order valence-corrected chi connectivity index (χ2v) is 8.08. The molecule has 0 spiro atoms. The highest BCUT2D eigenvalue weighted by Gasteiger charge is 2.17. The minimum atomic E-state index is -3.73. The largest absolute Gasteiger partial charge is 0.495 e.